The average molecular weight is 313 g/mol. The highest BCUT2D eigenvalue weighted by molar-refractivity contribution is 7.98. The molecule has 0 spiro atoms. The van der Waals surface area contributed by atoms with Crippen molar-refractivity contribution in [2.24, 2.45) is 10.8 Å². The summed E-state index contributed by atoms with van der Waals surface area (Å²) in [6.45, 7) is 0. The molecule has 8 heteroatoms. The van der Waals surface area contributed by atoms with E-state index in [1.807, 2.05) is 0 Å². The summed E-state index contributed by atoms with van der Waals surface area (Å²) in [5.74, 6) is -1.08. The van der Waals surface area contributed by atoms with E-state index in [2.05, 4.69) is 14.7 Å². The van der Waals surface area contributed by atoms with E-state index < -0.39 is 11.8 Å². The molecule has 3 N–H and O–H groups in total. The number of nitrogens with two attached hydrogens (primary N) is 1. The van der Waals surface area contributed by atoms with Crippen LogP contribution in [0.2, 0.25) is 0 Å². The molecule has 0 bridgehead atoms. The lowest BCUT2D eigenvalue weighted by Crippen LogP contribution is -2.22. The Hall–Kier alpha value is -2.96. The van der Waals surface area contributed by atoms with Gasteiger partial charge >= 0.3 is 0 Å². The van der Waals surface area contributed by atoms with Crippen LogP contribution < -0.4 is 10.5 Å². The fourth-order valence-electron chi connectivity index (χ4n) is 1.69. The lowest BCUT2D eigenvalue weighted by molar-refractivity contribution is 0.0958. The molecule has 2 aromatic carbocycles. The summed E-state index contributed by atoms with van der Waals surface area (Å²) in [6.07, 6.45) is 0. The standard InChI is InChI=1S/C14H11N5O2S/c15-13(20)11-3-1-2-4-12(11)14(21)18-22-10-7-5-9(6-8-10)17-19-16/h1-8H,(H2,15,20)(H,18,21). The van der Waals surface area contributed by atoms with Crippen LogP contribution in [0.4, 0.5) is 5.69 Å². The molecule has 0 aliphatic carbocycles. The number of carbonyl (C=O) groups is 2. The largest absolute Gasteiger partial charge is 0.366 e. The molecule has 0 atom stereocenters. The van der Waals surface area contributed by atoms with Crippen molar-refractivity contribution < 1.29 is 9.59 Å². The number of hydrogen-bond acceptors (Lipinski definition) is 4. The lowest BCUT2D eigenvalue weighted by Gasteiger charge is -2.07. The second kappa shape index (κ2) is 7.16. The van der Waals surface area contributed by atoms with E-state index in [-0.39, 0.29) is 11.1 Å². The summed E-state index contributed by atoms with van der Waals surface area (Å²) in [4.78, 5) is 26.8. The molecule has 0 saturated heterocycles. The minimum Gasteiger partial charge on any atom is -0.366 e. The zero-order chi connectivity index (χ0) is 15.9. The van der Waals surface area contributed by atoms with Crippen LogP contribution in [-0.2, 0) is 0 Å². The molecular formula is C14H11N5O2S. The minimum absolute atomic E-state index is 0.166. The Kier molecular flexibility index (Phi) is 5.02. The molecule has 0 radical (unpaired) electrons. The van der Waals surface area contributed by atoms with Gasteiger partial charge in [0.25, 0.3) is 5.91 Å². The van der Waals surface area contributed by atoms with Gasteiger partial charge in [-0.05, 0) is 41.7 Å². The van der Waals surface area contributed by atoms with Crippen LogP contribution in [0.5, 0.6) is 0 Å². The molecule has 0 aliphatic heterocycles. The summed E-state index contributed by atoms with van der Waals surface area (Å²) >= 11 is 1.08. The molecule has 0 aliphatic rings. The number of primary amides is 1. The van der Waals surface area contributed by atoms with Gasteiger partial charge in [-0.2, -0.15) is 0 Å². The van der Waals surface area contributed by atoms with Gasteiger partial charge in [0.15, 0.2) is 0 Å². The third-order valence-electron chi connectivity index (χ3n) is 2.70. The summed E-state index contributed by atoms with van der Waals surface area (Å²) < 4.78 is 2.63. The van der Waals surface area contributed by atoms with Crippen LogP contribution in [-0.4, -0.2) is 11.8 Å². The third kappa shape index (κ3) is 3.78. The molecule has 22 heavy (non-hydrogen) atoms. The molecule has 0 aromatic heterocycles. The predicted octanol–water partition coefficient (Wildman–Crippen LogP) is 3.16. The van der Waals surface area contributed by atoms with Gasteiger partial charge in [-0.15, -0.1) is 0 Å². The quantitative estimate of drug-likeness (QED) is 0.381. The van der Waals surface area contributed by atoms with E-state index in [1.165, 1.54) is 12.1 Å². The molecule has 0 heterocycles. The Morgan fingerprint density at radius 1 is 1.09 bits per heavy atom. The average Bonchev–Trinajstić information content (AvgIpc) is 2.54. The van der Waals surface area contributed by atoms with Gasteiger partial charge in [0.05, 0.1) is 11.1 Å². The van der Waals surface area contributed by atoms with E-state index in [4.69, 9.17) is 11.3 Å². The number of hydrogen-bond donors (Lipinski definition) is 2. The maximum atomic E-state index is 12.1. The van der Waals surface area contributed by atoms with Gasteiger partial charge < -0.3 is 5.73 Å². The first-order valence-electron chi connectivity index (χ1n) is 6.13. The molecule has 0 unspecified atom stereocenters. The lowest BCUT2D eigenvalue weighted by atomic mass is 10.1. The number of amides is 2. The number of benzene rings is 2. The van der Waals surface area contributed by atoms with Crippen LogP contribution in [0.25, 0.3) is 10.4 Å². The Balaban J connectivity index is 2.07. The minimum atomic E-state index is -0.658. The van der Waals surface area contributed by atoms with Crippen LogP contribution in [0.3, 0.4) is 0 Å². The maximum absolute atomic E-state index is 12.1. The van der Waals surface area contributed by atoms with E-state index >= 15 is 0 Å². The van der Waals surface area contributed by atoms with E-state index in [0.29, 0.717) is 5.69 Å². The number of carbonyl (C=O) groups excluding carboxylic acids is 2. The molecular weight excluding hydrogens is 302 g/mol. The highest BCUT2D eigenvalue weighted by atomic mass is 32.2. The zero-order valence-corrected chi connectivity index (χ0v) is 12.1. The van der Waals surface area contributed by atoms with Crippen molar-refractivity contribution >= 4 is 29.4 Å². The normalized spacial score (nSPS) is 9.64. The van der Waals surface area contributed by atoms with Crippen LogP contribution in [0, 0.1) is 0 Å². The number of nitrogens with zero attached hydrogens (tertiary/aromatic N) is 3. The van der Waals surface area contributed by atoms with Gasteiger partial charge in [-0.3, -0.25) is 14.3 Å². The van der Waals surface area contributed by atoms with Crippen molar-refractivity contribution in [2.45, 2.75) is 4.90 Å². The van der Waals surface area contributed by atoms with Crippen molar-refractivity contribution in [1.29, 1.82) is 0 Å². The molecule has 2 rings (SSSR count). The molecule has 2 aromatic rings. The second-order valence-electron chi connectivity index (χ2n) is 4.13. The van der Waals surface area contributed by atoms with E-state index in [1.54, 1.807) is 36.4 Å². The number of rotatable bonds is 5. The van der Waals surface area contributed by atoms with Gasteiger partial charge in [0.2, 0.25) is 5.91 Å². The van der Waals surface area contributed by atoms with Gasteiger partial charge in [-0.25, -0.2) is 0 Å². The van der Waals surface area contributed by atoms with Crippen LogP contribution in [0.1, 0.15) is 20.7 Å². The molecule has 2 amide bonds. The predicted molar refractivity (Wildman–Crippen MR) is 83.5 cm³/mol. The first-order valence-corrected chi connectivity index (χ1v) is 6.94. The Morgan fingerprint density at radius 3 is 2.32 bits per heavy atom. The van der Waals surface area contributed by atoms with Crippen LogP contribution >= 0.6 is 11.9 Å². The summed E-state index contributed by atoms with van der Waals surface area (Å²) in [5, 5.41) is 3.45. The summed E-state index contributed by atoms with van der Waals surface area (Å²) in [5.41, 5.74) is 14.4. The molecule has 110 valence electrons. The SMILES string of the molecule is [N-]=[N+]=Nc1ccc(SNC(=O)c2ccccc2C(N)=O)cc1. The summed E-state index contributed by atoms with van der Waals surface area (Å²) in [6, 6.07) is 13.0. The number of azide groups is 1. The second-order valence-corrected chi connectivity index (χ2v) is 5.01. The first-order chi connectivity index (χ1) is 10.6. The van der Waals surface area contributed by atoms with Gasteiger partial charge in [-0.1, -0.05) is 29.4 Å². The first kappa shape index (κ1) is 15.4. The summed E-state index contributed by atoms with van der Waals surface area (Å²) in [7, 11) is 0. The number of nitrogens with one attached hydrogen (secondary N) is 1. The van der Waals surface area contributed by atoms with Crippen molar-refractivity contribution in [2.75, 3.05) is 0 Å². The fraction of sp³-hybridized carbons (Fsp3) is 0. The Morgan fingerprint density at radius 2 is 1.73 bits per heavy atom. The smallest absolute Gasteiger partial charge is 0.262 e. The Bertz CT molecular complexity index is 754. The van der Waals surface area contributed by atoms with Crippen molar-refractivity contribution in [3.63, 3.8) is 0 Å². The monoisotopic (exact) mass is 313 g/mol. The third-order valence-corrected chi connectivity index (χ3v) is 3.49. The van der Waals surface area contributed by atoms with Crippen LogP contribution in [0.15, 0.2) is 58.5 Å². The van der Waals surface area contributed by atoms with Crippen molar-refractivity contribution in [1.82, 2.24) is 4.72 Å². The topological polar surface area (TPSA) is 121 Å². The van der Waals surface area contributed by atoms with E-state index in [9.17, 15) is 9.59 Å². The molecule has 0 saturated carbocycles. The molecule has 7 nitrogen and oxygen atoms in total. The highest BCUT2D eigenvalue weighted by Crippen LogP contribution is 2.20. The Labute approximate surface area is 130 Å². The maximum Gasteiger partial charge on any atom is 0.262 e. The van der Waals surface area contributed by atoms with E-state index in [0.717, 1.165) is 16.8 Å². The van der Waals surface area contributed by atoms with Gasteiger partial charge in [0, 0.05) is 15.5 Å². The van der Waals surface area contributed by atoms with Crippen molar-refractivity contribution in [3.8, 4) is 0 Å². The zero-order valence-electron chi connectivity index (χ0n) is 11.3. The van der Waals surface area contributed by atoms with Gasteiger partial charge in [0.1, 0.15) is 0 Å². The highest BCUT2D eigenvalue weighted by Gasteiger charge is 2.14. The van der Waals surface area contributed by atoms with Crippen molar-refractivity contribution in [3.05, 3.63) is 70.1 Å². The molecule has 0 fully saturated rings. The fourth-order valence-corrected chi connectivity index (χ4v) is 2.28.